The fraction of sp³-hybridized carbons (Fsp3) is 0.562. The summed E-state index contributed by atoms with van der Waals surface area (Å²) in [6, 6.07) is 6.17. The van der Waals surface area contributed by atoms with Crippen LogP contribution in [0, 0.1) is 5.41 Å². The highest BCUT2D eigenvalue weighted by atomic mass is 32.2. The molecule has 0 saturated carbocycles. The first kappa shape index (κ1) is 16.2. The van der Waals surface area contributed by atoms with Crippen molar-refractivity contribution in [3.05, 3.63) is 23.8 Å². The molecule has 1 atom stereocenters. The maximum absolute atomic E-state index is 7.96. The molecule has 3 N–H and O–H groups in total. The summed E-state index contributed by atoms with van der Waals surface area (Å²) in [6.45, 7) is 6.09. The van der Waals surface area contributed by atoms with E-state index in [2.05, 4.69) is 30.9 Å². The normalized spacial score (nSPS) is 22.3. The molecule has 1 aliphatic rings. The smallest absolute Gasteiger partial charge is 0.126 e. The van der Waals surface area contributed by atoms with Gasteiger partial charge in [0.2, 0.25) is 0 Å². The molecule has 1 unspecified atom stereocenters. The monoisotopic (exact) mass is 307 g/mol. The van der Waals surface area contributed by atoms with Crippen molar-refractivity contribution >= 4 is 23.3 Å². The quantitative estimate of drug-likeness (QED) is 0.498. The van der Waals surface area contributed by atoms with E-state index < -0.39 is 0 Å². The van der Waals surface area contributed by atoms with Crippen molar-refractivity contribution in [3.63, 3.8) is 0 Å². The van der Waals surface area contributed by atoms with E-state index in [0.29, 0.717) is 0 Å². The molecule has 0 radical (unpaired) electrons. The minimum Gasteiger partial charge on any atom is -0.384 e. The Hall–Kier alpha value is -1.20. The molecule has 1 heterocycles. The summed E-state index contributed by atoms with van der Waals surface area (Å²) in [5.41, 5.74) is 7.66. The average molecular weight is 307 g/mol. The van der Waals surface area contributed by atoms with Crippen LogP contribution in [0.25, 0.3) is 0 Å². The molecular formula is C16H25N3OS. The van der Waals surface area contributed by atoms with Crippen LogP contribution >= 0.6 is 11.8 Å². The second kappa shape index (κ2) is 6.71. The Kier molecular flexibility index (Phi) is 5.17. The molecule has 0 amide bonds. The number of methoxy groups -OCH3 is 1. The van der Waals surface area contributed by atoms with E-state index >= 15 is 0 Å². The number of ether oxygens (including phenoxy) is 1. The molecule has 1 aliphatic heterocycles. The molecular weight excluding hydrogens is 282 g/mol. The van der Waals surface area contributed by atoms with Gasteiger partial charge < -0.3 is 15.4 Å². The van der Waals surface area contributed by atoms with Gasteiger partial charge >= 0.3 is 0 Å². The Morgan fingerprint density at radius 1 is 1.52 bits per heavy atom. The van der Waals surface area contributed by atoms with Crippen molar-refractivity contribution in [2.45, 2.75) is 37.2 Å². The van der Waals surface area contributed by atoms with Crippen LogP contribution in [-0.2, 0) is 4.74 Å². The SMILES string of the molecule is CCSc1cccc(N2CCCC(C)(OC)C2)c1C(=N)N. The van der Waals surface area contributed by atoms with Crippen molar-refractivity contribution in [3.8, 4) is 0 Å². The standard InChI is InChI=1S/C16H25N3OS/c1-4-21-13-8-5-7-12(14(13)15(17)18)19-10-6-9-16(2,11-19)20-3/h5,7-8H,4,6,9-11H2,1-3H3,(H3,17,18). The number of hydrogen-bond donors (Lipinski definition) is 2. The Balaban J connectivity index is 2.38. The first-order valence-electron chi connectivity index (χ1n) is 7.41. The third kappa shape index (κ3) is 3.52. The van der Waals surface area contributed by atoms with Gasteiger partial charge in [-0.2, -0.15) is 0 Å². The average Bonchev–Trinajstić information content (AvgIpc) is 2.47. The highest BCUT2D eigenvalue weighted by molar-refractivity contribution is 7.99. The summed E-state index contributed by atoms with van der Waals surface area (Å²) in [5.74, 6) is 1.12. The number of nitrogens with one attached hydrogen (secondary N) is 1. The Labute approximate surface area is 131 Å². The van der Waals surface area contributed by atoms with Gasteiger partial charge in [0.25, 0.3) is 0 Å². The van der Waals surface area contributed by atoms with E-state index in [1.54, 1.807) is 18.9 Å². The lowest BCUT2D eigenvalue weighted by atomic mass is 9.93. The summed E-state index contributed by atoms with van der Waals surface area (Å²) in [5, 5.41) is 7.96. The zero-order valence-corrected chi connectivity index (χ0v) is 13.9. The van der Waals surface area contributed by atoms with E-state index in [-0.39, 0.29) is 11.4 Å². The lowest BCUT2D eigenvalue weighted by Gasteiger charge is -2.41. The Morgan fingerprint density at radius 3 is 2.90 bits per heavy atom. The Bertz CT molecular complexity index is 520. The molecule has 2 rings (SSSR count). The van der Waals surface area contributed by atoms with Crippen LogP contribution < -0.4 is 10.6 Å². The zero-order valence-electron chi connectivity index (χ0n) is 13.1. The lowest BCUT2D eigenvalue weighted by molar-refractivity contribution is -0.00466. The number of anilines is 1. The minimum absolute atomic E-state index is 0.125. The van der Waals surface area contributed by atoms with Gasteiger partial charge in [-0.05, 0) is 37.7 Å². The largest absolute Gasteiger partial charge is 0.384 e. The second-order valence-corrected chi connectivity index (χ2v) is 6.98. The van der Waals surface area contributed by atoms with Gasteiger partial charge in [0.05, 0.1) is 11.2 Å². The molecule has 0 aliphatic carbocycles. The number of nitrogens with two attached hydrogens (primary N) is 1. The second-order valence-electron chi connectivity index (χ2n) is 5.68. The summed E-state index contributed by atoms with van der Waals surface area (Å²) in [4.78, 5) is 3.40. The minimum atomic E-state index is -0.125. The van der Waals surface area contributed by atoms with Crippen LogP contribution in [0.1, 0.15) is 32.3 Å². The van der Waals surface area contributed by atoms with Gasteiger partial charge in [-0.15, -0.1) is 11.8 Å². The number of benzene rings is 1. The summed E-state index contributed by atoms with van der Waals surface area (Å²) < 4.78 is 5.68. The molecule has 1 aromatic carbocycles. The maximum atomic E-state index is 7.96. The van der Waals surface area contributed by atoms with Crippen LogP contribution in [0.3, 0.4) is 0 Å². The van der Waals surface area contributed by atoms with Gasteiger partial charge in [-0.3, -0.25) is 5.41 Å². The van der Waals surface area contributed by atoms with Crippen molar-refractivity contribution < 1.29 is 4.74 Å². The molecule has 0 spiro atoms. The number of amidine groups is 1. The predicted molar refractivity (Wildman–Crippen MR) is 90.7 cm³/mol. The first-order valence-corrected chi connectivity index (χ1v) is 8.39. The van der Waals surface area contributed by atoms with Crippen molar-refractivity contribution in [2.24, 2.45) is 5.73 Å². The summed E-state index contributed by atoms with van der Waals surface area (Å²) in [7, 11) is 1.78. The lowest BCUT2D eigenvalue weighted by Crippen LogP contribution is -2.48. The van der Waals surface area contributed by atoms with E-state index in [1.807, 2.05) is 6.07 Å². The van der Waals surface area contributed by atoms with E-state index in [0.717, 1.165) is 47.8 Å². The summed E-state index contributed by atoms with van der Waals surface area (Å²) >= 11 is 1.74. The molecule has 0 aromatic heterocycles. The van der Waals surface area contributed by atoms with Crippen LogP contribution in [0.2, 0.25) is 0 Å². The molecule has 4 nitrogen and oxygen atoms in total. The molecule has 21 heavy (non-hydrogen) atoms. The highest BCUT2D eigenvalue weighted by Gasteiger charge is 2.32. The van der Waals surface area contributed by atoms with E-state index in [9.17, 15) is 0 Å². The molecule has 1 saturated heterocycles. The number of thioether (sulfide) groups is 1. The van der Waals surface area contributed by atoms with Gasteiger partial charge in [0.1, 0.15) is 5.84 Å². The zero-order chi connectivity index (χ0) is 15.5. The maximum Gasteiger partial charge on any atom is 0.126 e. The number of hydrogen-bond acceptors (Lipinski definition) is 4. The van der Waals surface area contributed by atoms with Crippen molar-refractivity contribution in [2.75, 3.05) is 30.9 Å². The van der Waals surface area contributed by atoms with E-state index in [1.165, 1.54) is 0 Å². The molecule has 116 valence electrons. The van der Waals surface area contributed by atoms with Gasteiger partial charge in [-0.25, -0.2) is 0 Å². The van der Waals surface area contributed by atoms with Crippen molar-refractivity contribution in [1.82, 2.24) is 0 Å². The van der Waals surface area contributed by atoms with Gasteiger partial charge in [0, 0.05) is 30.8 Å². The van der Waals surface area contributed by atoms with Crippen molar-refractivity contribution in [1.29, 1.82) is 5.41 Å². The third-order valence-electron chi connectivity index (χ3n) is 4.07. The van der Waals surface area contributed by atoms with Crippen LogP contribution in [0.15, 0.2) is 23.1 Å². The molecule has 0 bridgehead atoms. The van der Waals surface area contributed by atoms with Gasteiger partial charge in [0.15, 0.2) is 0 Å². The number of piperidine rings is 1. The Morgan fingerprint density at radius 2 is 2.29 bits per heavy atom. The summed E-state index contributed by atoms with van der Waals surface area (Å²) in [6.07, 6.45) is 2.16. The number of nitrogens with zero attached hydrogens (tertiary/aromatic N) is 1. The topological polar surface area (TPSA) is 62.3 Å². The van der Waals surface area contributed by atoms with Gasteiger partial charge in [-0.1, -0.05) is 13.0 Å². The van der Waals surface area contributed by atoms with E-state index in [4.69, 9.17) is 15.9 Å². The van der Waals surface area contributed by atoms with Crippen LogP contribution in [0.5, 0.6) is 0 Å². The molecule has 1 aromatic rings. The molecule has 1 fully saturated rings. The van der Waals surface area contributed by atoms with Crippen LogP contribution in [0.4, 0.5) is 5.69 Å². The fourth-order valence-corrected chi connectivity index (χ4v) is 3.75. The van der Waals surface area contributed by atoms with Crippen LogP contribution in [-0.4, -0.2) is 37.4 Å². The number of rotatable bonds is 5. The third-order valence-corrected chi connectivity index (χ3v) is 5.01. The fourth-order valence-electron chi connectivity index (χ4n) is 2.91. The highest BCUT2D eigenvalue weighted by Crippen LogP contribution is 2.34. The first-order chi connectivity index (χ1) is 10.0. The predicted octanol–water partition coefficient (Wildman–Crippen LogP) is 3.09. The molecule has 5 heteroatoms. The number of nitrogen functional groups attached to an aromatic ring is 1.